The van der Waals surface area contributed by atoms with E-state index in [2.05, 4.69) is 0 Å². The lowest BCUT2D eigenvalue weighted by Crippen LogP contribution is -2.25. The molecule has 0 aromatic heterocycles. The van der Waals surface area contributed by atoms with Crippen LogP contribution in [0.4, 0.5) is 9.59 Å². The fourth-order valence-electron chi connectivity index (χ4n) is 0.610. The average Bonchev–Trinajstić information content (AvgIpc) is 1.73. The lowest BCUT2D eigenvalue weighted by Gasteiger charge is -2.20. The van der Waals surface area contributed by atoms with Crippen LogP contribution in [0.1, 0.15) is 41.5 Å². The minimum atomic E-state index is -0.642. The molecule has 0 N–H and O–H groups in total. The number of rotatable bonds is 0. The largest absolute Gasteiger partial charge is 0.451 e. The molecule has 0 saturated carbocycles. The van der Waals surface area contributed by atoms with Gasteiger partial charge in [0.25, 0.3) is 0 Å². The highest BCUT2D eigenvalue weighted by Gasteiger charge is 2.23. The van der Waals surface area contributed by atoms with E-state index in [9.17, 15) is 9.59 Å². The van der Waals surface area contributed by atoms with Gasteiger partial charge in [-0.25, -0.2) is 9.59 Å². The Kier molecular flexibility index (Phi) is 4.65. The third-order valence-electron chi connectivity index (χ3n) is 0.946. The summed E-state index contributed by atoms with van der Waals surface area (Å²) in [5.74, 6) is 0. The zero-order valence-electron chi connectivity index (χ0n) is 10.0. The standard InChI is InChI=1S/C10H18O4S/c1-9(2,3)13-7(11)15-8(12)14-10(4,5)6/h1-6H3. The van der Waals surface area contributed by atoms with Gasteiger partial charge in [-0.15, -0.1) is 0 Å². The van der Waals surface area contributed by atoms with E-state index in [1.807, 2.05) is 0 Å². The molecule has 0 saturated heterocycles. The summed E-state index contributed by atoms with van der Waals surface area (Å²) in [6.45, 7) is 10.4. The predicted octanol–water partition coefficient (Wildman–Crippen LogP) is 3.59. The van der Waals surface area contributed by atoms with Crippen molar-refractivity contribution in [1.82, 2.24) is 0 Å². The van der Waals surface area contributed by atoms with Gasteiger partial charge in [-0.3, -0.25) is 0 Å². The van der Waals surface area contributed by atoms with E-state index in [0.29, 0.717) is 11.8 Å². The van der Waals surface area contributed by atoms with Crippen LogP contribution in [0.3, 0.4) is 0 Å². The third kappa shape index (κ3) is 9.59. The summed E-state index contributed by atoms with van der Waals surface area (Å²) in [6, 6.07) is 0. The molecule has 0 atom stereocenters. The molecular weight excluding hydrogens is 216 g/mol. The van der Waals surface area contributed by atoms with Gasteiger partial charge in [-0.2, -0.15) is 0 Å². The maximum atomic E-state index is 11.2. The van der Waals surface area contributed by atoms with Gasteiger partial charge in [0.15, 0.2) is 0 Å². The van der Waals surface area contributed by atoms with Gasteiger partial charge in [0.1, 0.15) is 11.2 Å². The number of carbonyl (C=O) groups excluding carboxylic acids is 2. The molecule has 0 unspecified atom stereocenters. The van der Waals surface area contributed by atoms with Crippen molar-refractivity contribution in [2.24, 2.45) is 0 Å². The first-order valence-electron chi connectivity index (χ1n) is 4.63. The Bertz CT molecular complexity index is 221. The minimum absolute atomic E-state index is 0.431. The van der Waals surface area contributed by atoms with Gasteiger partial charge < -0.3 is 9.47 Å². The molecule has 88 valence electrons. The van der Waals surface area contributed by atoms with E-state index >= 15 is 0 Å². The van der Waals surface area contributed by atoms with E-state index in [1.54, 1.807) is 41.5 Å². The van der Waals surface area contributed by atoms with Crippen LogP contribution in [0.15, 0.2) is 0 Å². The van der Waals surface area contributed by atoms with Crippen molar-refractivity contribution in [3.63, 3.8) is 0 Å². The molecule has 0 aromatic carbocycles. The lowest BCUT2D eigenvalue weighted by molar-refractivity contribution is 0.0696. The third-order valence-corrected chi connectivity index (χ3v) is 1.45. The normalized spacial score (nSPS) is 12.1. The molecule has 0 amide bonds. The summed E-state index contributed by atoms with van der Waals surface area (Å²) >= 11 is 0.431. The van der Waals surface area contributed by atoms with Gasteiger partial charge in [0.2, 0.25) is 0 Å². The van der Waals surface area contributed by atoms with Crippen molar-refractivity contribution >= 4 is 22.4 Å². The number of hydrogen-bond donors (Lipinski definition) is 0. The molecule has 0 aliphatic carbocycles. The zero-order chi connectivity index (χ0) is 12.3. The number of ether oxygens (including phenoxy) is 2. The van der Waals surface area contributed by atoms with Crippen LogP contribution in [0.25, 0.3) is 0 Å². The van der Waals surface area contributed by atoms with Gasteiger partial charge in [0, 0.05) is 0 Å². The van der Waals surface area contributed by atoms with Gasteiger partial charge in [0.05, 0.1) is 11.8 Å². The van der Waals surface area contributed by atoms with Crippen molar-refractivity contribution in [3.8, 4) is 0 Å². The van der Waals surface area contributed by atoms with E-state index in [0.717, 1.165) is 0 Å². The SMILES string of the molecule is CC(C)(C)OC(=O)SC(=O)OC(C)(C)C. The van der Waals surface area contributed by atoms with E-state index in [4.69, 9.17) is 9.47 Å². The first kappa shape index (κ1) is 14.3. The lowest BCUT2D eigenvalue weighted by atomic mass is 10.2. The predicted molar refractivity (Wildman–Crippen MR) is 60.1 cm³/mol. The number of carbonyl (C=O) groups is 2. The molecule has 15 heavy (non-hydrogen) atoms. The summed E-state index contributed by atoms with van der Waals surface area (Å²) in [5.41, 5.74) is -1.18. The molecular formula is C10H18O4S. The maximum Gasteiger partial charge on any atom is 0.378 e. The van der Waals surface area contributed by atoms with Crippen molar-refractivity contribution in [2.75, 3.05) is 0 Å². The highest BCUT2D eigenvalue weighted by molar-refractivity contribution is 8.25. The van der Waals surface area contributed by atoms with Crippen molar-refractivity contribution in [1.29, 1.82) is 0 Å². The molecule has 0 aliphatic rings. The van der Waals surface area contributed by atoms with Gasteiger partial charge >= 0.3 is 10.6 Å². The van der Waals surface area contributed by atoms with Crippen LogP contribution < -0.4 is 0 Å². The Morgan fingerprint density at radius 2 is 1.07 bits per heavy atom. The first-order chi connectivity index (χ1) is 6.49. The molecule has 0 radical (unpaired) electrons. The van der Waals surface area contributed by atoms with Crippen LogP contribution in [-0.2, 0) is 9.47 Å². The average molecular weight is 234 g/mol. The van der Waals surface area contributed by atoms with Gasteiger partial charge in [-0.05, 0) is 41.5 Å². The van der Waals surface area contributed by atoms with E-state index < -0.39 is 21.8 Å². The quantitative estimate of drug-likeness (QED) is 0.599. The van der Waals surface area contributed by atoms with Gasteiger partial charge in [-0.1, -0.05) is 0 Å². The van der Waals surface area contributed by atoms with Crippen LogP contribution in [0.2, 0.25) is 0 Å². The van der Waals surface area contributed by atoms with Crippen molar-refractivity contribution in [2.45, 2.75) is 52.7 Å². The molecule has 5 heteroatoms. The summed E-state index contributed by atoms with van der Waals surface area (Å²) in [7, 11) is 0. The van der Waals surface area contributed by atoms with E-state index in [-0.39, 0.29) is 0 Å². The summed E-state index contributed by atoms with van der Waals surface area (Å²) in [4.78, 5) is 22.4. The smallest absolute Gasteiger partial charge is 0.378 e. The molecule has 0 fully saturated rings. The van der Waals surface area contributed by atoms with Crippen molar-refractivity contribution in [3.05, 3.63) is 0 Å². The topological polar surface area (TPSA) is 52.6 Å². The Balaban J connectivity index is 4.04. The Hall–Kier alpha value is -0.710. The minimum Gasteiger partial charge on any atom is -0.451 e. The van der Waals surface area contributed by atoms with Crippen LogP contribution in [0.5, 0.6) is 0 Å². The molecule has 0 bridgehead atoms. The summed E-state index contributed by atoms with van der Waals surface area (Å²) in [6.07, 6.45) is 0. The Labute approximate surface area is 94.7 Å². The molecule has 0 aliphatic heterocycles. The van der Waals surface area contributed by atoms with Crippen LogP contribution in [-0.4, -0.2) is 21.8 Å². The molecule has 0 heterocycles. The van der Waals surface area contributed by atoms with Crippen LogP contribution in [0, 0.1) is 0 Å². The van der Waals surface area contributed by atoms with Crippen molar-refractivity contribution < 1.29 is 19.1 Å². The number of hydrogen-bond acceptors (Lipinski definition) is 5. The summed E-state index contributed by atoms with van der Waals surface area (Å²) < 4.78 is 9.89. The monoisotopic (exact) mass is 234 g/mol. The highest BCUT2D eigenvalue weighted by Crippen LogP contribution is 2.19. The fraction of sp³-hybridized carbons (Fsp3) is 0.800. The molecule has 0 spiro atoms. The highest BCUT2D eigenvalue weighted by atomic mass is 32.2. The Morgan fingerprint density at radius 1 is 0.800 bits per heavy atom. The molecule has 4 nitrogen and oxygen atoms in total. The zero-order valence-corrected chi connectivity index (χ0v) is 10.9. The molecule has 0 aromatic rings. The first-order valence-corrected chi connectivity index (χ1v) is 5.45. The van der Waals surface area contributed by atoms with Crippen LogP contribution >= 0.6 is 11.8 Å². The van der Waals surface area contributed by atoms with E-state index in [1.165, 1.54) is 0 Å². The maximum absolute atomic E-state index is 11.2. The fourth-order valence-corrected chi connectivity index (χ4v) is 1.33. The second kappa shape index (κ2) is 4.88. The second-order valence-corrected chi connectivity index (χ2v) is 5.90. The summed E-state index contributed by atoms with van der Waals surface area (Å²) in [5, 5.41) is -1.28. The number of thioether (sulfide) groups is 1. The second-order valence-electron chi connectivity index (χ2n) is 5.03. The Morgan fingerprint density at radius 3 is 1.27 bits per heavy atom. The molecule has 0 rings (SSSR count).